The molecule has 0 heterocycles. The first kappa shape index (κ1) is 36.1. The third-order valence-corrected chi connectivity index (χ3v) is 9.17. The van der Waals surface area contributed by atoms with Crippen molar-refractivity contribution in [3.05, 3.63) is 235 Å². The van der Waals surface area contributed by atoms with Crippen LogP contribution in [-0.4, -0.2) is 12.2 Å². The van der Waals surface area contributed by atoms with E-state index >= 15 is 0 Å². The number of benzene rings is 5. The summed E-state index contributed by atoms with van der Waals surface area (Å²) in [5, 5.41) is 12.0. The number of nitrogens with two attached hydrogens (primary N) is 1. The molecule has 2 aliphatic rings. The summed E-state index contributed by atoms with van der Waals surface area (Å²) < 4.78 is 0. The first-order valence-electron chi connectivity index (χ1n) is 17.0. The van der Waals surface area contributed by atoms with Gasteiger partial charge in [-0.3, -0.25) is 0 Å². The lowest BCUT2D eigenvalue weighted by Crippen LogP contribution is -2.26. The molecule has 0 amide bonds. The second kappa shape index (κ2) is 16.9. The molecule has 2 heteroatoms. The molecule has 5 aromatic rings. The minimum absolute atomic E-state index is 0.528. The summed E-state index contributed by atoms with van der Waals surface area (Å²) in [4.78, 5) is 0. The van der Waals surface area contributed by atoms with E-state index in [0.29, 0.717) is 0 Å². The Balaban J connectivity index is 0.000000245. The molecule has 1 unspecified atom stereocenters. The topological polar surface area (TPSA) is 46.2 Å². The highest BCUT2D eigenvalue weighted by Crippen LogP contribution is 2.54. The average Bonchev–Trinajstić information content (AvgIpc) is 3.44. The van der Waals surface area contributed by atoms with Crippen LogP contribution in [-0.2, 0) is 5.41 Å². The van der Waals surface area contributed by atoms with Crippen molar-refractivity contribution in [1.82, 2.24) is 0 Å². The molecule has 0 radical (unpaired) electrons. The summed E-state index contributed by atoms with van der Waals surface area (Å²) >= 11 is 0. The fourth-order valence-corrected chi connectivity index (χ4v) is 6.87. The number of fused-ring (bicyclic) bond motifs is 5. The van der Waals surface area contributed by atoms with Gasteiger partial charge in [-0.05, 0) is 85.1 Å². The van der Waals surface area contributed by atoms with E-state index < -0.39 is 5.41 Å². The van der Waals surface area contributed by atoms with Crippen LogP contribution >= 0.6 is 0 Å². The van der Waals surface area contributed by atoms with E-state index in [1.54, 1.807) is 0 Å². The predicted molar refractivity (Wildman–Crippen MR) is 223 cm³/mol. The molecule has 51 heavy (non-hydrogen) atoms. The van der Waals surface area contributed by atoms with E-state index in [1.165, 1.54) is 43.8 Å². The Hall–Kier alpha value is -6.22. The van der Waals surface area contributed by atoms with E-state index in [4.69, 9.17) is 10.8 Å². The standard InChI is InChI=1S/C34H30.C14H11N.CH4O/c1-5-19-26(3)27(4)28-20-15-17-24-31(28)34(6-2)32-23-14-12-10-8-7-9-11-13-21-29(32)30-22-16-18-25-33(30)34;15-12-7-8-14-11(9-12)6-5-10-3-1-2-4-13(10)14;1-2/h5-25H,2-4H2,1H3;1-9H,15H2;2H,1H3/b8-7-,9-7?,10-8?,11-9+,12-10-,13-11?,14-12?,19-5-,21-13-,23-14+,29-21?,32-23?;;. The minimum Gasteiger partial charge on any atom is -0.400 e. The second-order valence-electron chi connectivity index (χ2n) is 12.1. The van der Waals surface area contributed by atoms with E-state index in [9.17, 15) is 0 Å². The Morgan fingerprint density at radius 2 is 1.24 bits per heavy atom. The van der Waals surface area contributed by atoms with Crippen LogP contribution in [0.2, 0.25) is 0 Å². The smallest absolute Gasteiger partial charge is 0.0647 e. The van der Waals surface area contributed by atoms with Crippen molar-refractivity contribution in [2.24, 2.45) is 0 Å². The summed E-state index contributed by atoms with van der Waals surface area (Å²) in [6.45, 7) is 15.1. The normalized spacial score (nSPS) is 19.1. The summed E-state index contributed by atoms with van der Waals surface area (Å²) in [6.07, 6.45) is 27.0. The molecule has 5 aromatic carbocycles. The number of rotatable bonds is 5. The van der Waals surface area contributed by atoms with Gasteiger partial charge in [0.15, 0.2) is 0 Å². The van der Waals surface area contributed by atoms with Gasteiger partial charge in [-0.1, -0.05) is 183 Å². The van der Waals surface area contributed by atoms with Crippen molar-refractivity contribution < 1.29 is 5.11 Å². The van der Waals surface area contributed by atoms with Crippen LogP contribution in [0.3, 0.4) is 0 Å². The highest BCUT2D eigenvalue weighted by atomic mass is 16.2. The molecule has 252 valence electrons. The van der Waals surface area contributed by atoms with E-state index in [1.807, 2.05) is 55.5 Å². The molecule has 2 nitrogen and oxygen atoms in total. The van der Waals surface area contributed by atoms with Gasteiger partial charge >= 0.3 is 0 Å². The Morgan fingerprint density at radius 3 is 1.96 bits per heavy atom. The van der Waals surface area contributed by atoms with Gasteiger partial charge in [0.25, 0.3) is 0 Å². The van der Waals surface area contributed by atoms with Crippen LogP contribution in [0.15, 0.2) is 213 Å². The fourth-order valence-electron chi connectivity index (χ4n) is 6.87. The van der Waals surface area contributed by atoms with E-state index in [-0.39, 0.29) is 0 Å². The van der Waals surface area contributed by atoms with Crippen molar-refractivity contribution >= 4 is 38.4 Å². The molecule has 7 rings (SSSR count). The number of nitrogen functional groups attached to an aromatic ring is 1. The Labute approximate surface area is 303 Å². The molecule has 0 aromatic heterocycles. The maximum atomic E-state index is 7.00. The molecule has 0 saturated carbocycles. The zero-order chi connectivity index (χ0) is 36.2. The van der Waals surface area contributed by atoms with Gasteiger partial charge in [-0.2, -0.15) is 0 Å². The lowest BCUT2D eigenvalue weighted by Gasteiger charge is -2.33. The molecular weight excluding hydrogens is 619 g/mol. The van der Waals surface area contributed by atoms with Gasteiger partial charge in [0, 0.05) is 12.8 Å². The monoisotopic (exact) mass is 663 g/mol. The number of aliphatic hydroxyl groups excluding tert-OH is 1. The second-order valence-corrected chi connectivity index (χ2v) is 12.1. The van der Waals surface area contributed by atoms with Crippen molar-refractivity contribution in [3.8, 4) is 0 Å². The van der Waals surface area contributed by atoms with Gasteiger partial charge in [-0.15, -0.1) is 6.58 Å². The summed E-state index contributed by atoms with van der Waals surface area (Å²) in [5.74, 6) is 0. The number of anilines is 1. The van der Waals surface area contributed by atoms with Gasteiger partial charge < -0.3 is 10.8 Å². The molecule has 1 atom stereocenters. The quantitative estimate of drug-likeness (QED) is 0.0851. The molecule has 0 bridgehead atoms. The third kappa shape index (κ3) is 7.38. The molecule has 0 saturated heterocycles. The van der Waals surface area contributed by atoms with Crippen molar-refractivity contribution in [1.29, 1.82) is 0 Å². The predicted octanol–water partition coefficient (Wildman–Crippen LogP) is 12.0. The molecule has 3 N–H and O–H groups in total. The maximum absolute atomic E-state index is 7.00. The highest BCUT2D eigenvalue weighted by molar-refractivity contribution is 6.08. The zero-order valence-electron chi connectivity index (χ0n) is 29.5. The van der Waals surface area contributed by atoms with Crippen LogP contribution in [0.1, 0.15) is 29.2 Å². The first-order valence-corrected chi connectivity index (χ1v) is 17.0. The van der Waals surface area contributed by atoms with E-state index in [2.05, 4.69) is 153 Å². The lowest BCUT2D eigenvalue weighted by atomic mass is 9.69. The lowest BCUT2D eigenvalue weighted by molar-refractivity contribution is 0.399. The minimum atomic E-state index is -0.528. The van der Waals surface area contributed by atoms with Gasteiger partial charge in [0.2, 0.25) is 0 Å². The maximum Gasteiger partial charge on any atom is 0.0647 e. The zero-order valence-corrected chi connectivity index (χ0v) is 29.5. The summed E-state index contributed by atoms with van der Waals surface area (Å²) in [5.41, 5.74) is 15.0. The van der Waals surface area contributed by atoms with E-state index in [0.717, 1.165) is 35.1 Å². The van der Waals surface area contributed by atoms with Crippen LogP contribution < -0.4 is 5.73 Å². The van der Waals surface area contributed by atoms with Crippen molar-refractivity contribution in [2.75, 3.05) is 12.8 Å². The SMILES string of the molecule is C=CC1(c2ccccc2C(=C)C(=C)/C=C\C)C2=C(/C=C\C=C\C=C/C=C\C=C\2)c2ccccc21.CO.Nc1ccc2c(ccc3ccccc32)c1. The van der Waals surface area contributed by atoms with Crippen molar-refractivity contribution in [2.45, 2.75) is 12.3 Å². The summed E-state index contributed by atoms with van der Waals surface area (Å²) in [6, 6.07) is 35.9. The average molecular weight is 664 g/mol. The Kier molecular flexibility index (Phi) is 12.0. The fraction of sp³-hybridized carbons (Fsp3) is 0.0612. The third-order valence-electron chi connectivity index (χ3n) is 9.17. The molecule has 0 aliphatic heterocycles. The van der Waals surface area contributed by atoms with Gasteiger partial charge in [0.1, 0.15) is 0 Å². The Morgan fingerprint density at radius 1 is 0.647 bits per heavy atom. The molecule has 0 spiro atoms. The van der Waals surface area contributed by atoms with Crippen molar-refractivity contribution in [3.63, 3.8) is 0 Å². The molecular formula is C49H45NO. The summed E-state index contributed by atoms with van der Waals surface area (Å²) in [7, 11) is 1.00. The largest absolute Gasteiger partial charge is 0.400 e. The number of allylic oxidation sites excluding steroid dienone is 17. The number of aliphatic hydroxyl groups is 1. The van der Waals surface area contributed by atoms with Crippen LogP contribution in [0.25, 0.3) is 32.7 Å². The van der Waals surface area contributed by atoms with Gasteiger partial charge in [0.05, 0.1) is 5.41 Å². The molecule has 0 fully saturated rings. The van der Waals surface area contributed by atoms with Crippen LogP contribution in [0.5, 0.6) is 0 Å². The number of hydrogen-bond donors (Lipinski definition) is 2. The molecule has 2 aliphatic carbocycles. The highest BCUT2D eigenvalue weighted by Gasteiger charge is 2.43. The van der Waals surface area contributed by atoms with Crippen LogP contribution in [0, 0.1) is 0 Å². The van der Waals surface area contributed by atoms with Gasteiger partial charge in [-0.25, -0.2) is 0 Å². The Bertz CT molecular complexity index is 2300. The number of hydrogen-bond acceptors (Lipinski definition) is 2. The first-order chi connectivity index (χ1) is 25.0. The van der Waals surface area contributed by atoms with Crippen LogP contribution in [0.4, 0.5) is 5.69 Å².